The molecule has 7 heteroatoms. The van der Waals surface area contributed by atoms with Gasteiger partial charge in [-0.1, -0.05) is 19.3 Å². The number of carbonyl (C=O) groups excluding carboxylic acids is 1. The second kappa shape index (κ2) is 5.93. The fraction of sp³-hybridized carbons (Fsp3) is 0.421. The lowest BCUT2D eigenvalue weighted by Crippen LogP contribution is -2.41. The summed E-state index contributed by atoms with van der Waals surface area (Å²) in [6.45, 7) is 3.62. The van der Waals surface area contributed by atoms with E-state index in [1.54, 1.807) is 13.0 Å². The van der Waals surface area contributed by atoms with E-state index in [0.717, 1.165) is 37.7 Å². The van der Waals surface area contributed by atoms with Crippen molar-refractivity contribution in [2.45, 2.75) is 51.5 Å². The molecule has 2 aliphatic rings. The molecule has 1 aromatic carbocycles. The SMILES string of the molecule is Cc1cc(Nc2ncnc(N)c2C)c(F)c2c1C(=O)NC21CCCCC1. The molecule has 26 heavy (non-hydrogen) atoms. The highest BCUT2D eigenvalue weighted by atomic mass is 19.1. The number of halogens is 1. The molecular weight excluding hydrogens is 333 g/mol. The molecule has 2 heterocycles. The van der Waals surface area contributed by atoms with Gasteiger partial charge in [0.2, 0.25) is 0 Å². The molecule has 4 N–H and O–H groups in total. The number of hydrogen-bond acceptors (Lipinski definition) is 5. The maximum absolute atomic E-state index is 15.5. The first-order chi connectivity index (χ1) is 12.4. The van der Waals surface area contributed by atoms with Crippen LogP contribution in [0.25, 0.3) is 0 Å². The minimum absolute atomic E-state index is 0.174. The van der Waals surface area contributed by atoms with E-state index in [9.17, 15) is 4.79 Å². The fourth-order valence-corrected chi connectivity index (χ4v) is 4.22. The van der Waals surface area contributed by atoms with E-state index in [0.29, 0.717) is 34.0 Å². The molecule has 0 radical (unpaired) electrons. The topological polar surface area (TPSA) is 92.9 Å². The third-order valence-corrected chi connectivity index (χ3v) is 5.60. The number of nitrogens with two attached hydrogens (primary N) is 1. The summed E-state index contributed by atoms with van der Waals surface area (Å²) in [6.07, 6.45) is 5.96. The molecule has 1 amide bonds. The number of fused-ring (bicyclic) bond motifs is 2. The summed E-state index contributed by atoms with van der Waals surface area (Å²) in [6, 6.07) is 1.66. The Balaban J connectivity index is 1.84. The van der Waals surface area contributed by atoms with Gasteiger partial charge >= 0.3 is 0 Å². The lowest BCUT2D eigenvalue weighted by molar-refractivity contribution is 0.0908. The Morgan fingerprint density at radius 1 is 1.23 bits per heavy atom. The number of aryl methyl sites for hydroxylation is 1. The molecule has 1 aromatic heterocycles. The lowest BCUT2D eigenvalue weighted by Gasteiger charge is -2.34. The van der Waals surface area contributed by atoms with E-state index in [2.05, 4.69) is 20.6 Å². The third-order valence-electron chi connectivity index (χ3n) is 5.60. The average Bonchev–Trinajstić information content (AvgIpc) is 2.89. The van der Waals surface area contributed by atoms with E-state index in [4.69, 9.17) is 5.73 Å². The molecule has 6 nitrogen and oxygen atoms in total. The highest BCUT2D eigenvalue weighted by Crippen LogP contribution is 2.46. The predicted octanol–water partition coefficient (Wildman–Crippen LogP) is 3.46. The van der Waals surface area contributed by atoms with Crippen LogP contribution in [0.4, 0.5) is 21.7 Å². The molecule has 0 bridgehead atoms. The summed E-state index contributed by atoms with van der Waals surface area (Å²) in [7, 11) is 0. The van der Waals surface area contributed by atoms with E-state index in [1.807, 2.05) is 6.92 Å². The van der Waals surface area contributed by atoms with Crippen LogP contribution < -0.4 is 16.4 Å². The van der Waals surface area contributed by atoms with Crippen LogP contribution in [0.1, 0.15) is 59.2 Å². The summed E-state index contributed by atoms with van der Waals surface area (Å²) in [5.74, 6) is 0.252. The van der Waals surface area contributed by atoms with Gasteiger partial charge in [0.1, 0.15) is 18.0 Å². The number of carbonyl (C=O) groups is 1. The highest BCUT2D eigenvalue weighted by Gasteiger charge is 2.47. The smallest absolute Gasteiger partial charge is 0.252 e. The highest BCUT2D eigenvalue weighted by molar-refractivity contribution is 6.02. The molecule has 0 unspecified atom stereocenters. The molecule has 136 valence electrons. The summed E-state index contributed by atoms with van der Waals surface area (Å²) in [5.41, 5.74) is 7.94. The second-order valence-corrected chi connectivity index (χ2v) is 7.26. The normalized spacial score (nSPS) is 17.9. The van der Waals surface area contributed by atoms with Gasteiger partial charge in [-0.2, -0.15) is 0 Å². The van der Waals surface area contributed by atoms with Gasteiger partial charge in [0.05, 0.1) is 16.8 Å². The van der Waals surface area contributed by atoms with Gasteiger partial charge in [-0.3, -0.25) is 4.79 Å². The van der Waals surface area contributed by atoms with E-state index in [-0.39, 0.29) is 11.7 Å². The van der Waals surface area contributed by atoms with Gasteiger partial charge in [0.15, 0.2) is 5.82 Å². The third kappa shape index (κ3) is 2.41. The number of rotatable bonds is 2. The second-order valence-electron chi connectivity index (χ2n) is 7.26. The number of amides is 1. The molecule has 0 saturated heterocycles. The van der Waals surface area contributed by atoms with Crippen LogP contribution in [0, 0.1) is 19.7 Å². The zero-order valence-electron chi connectivity index (χ0n) is 14.9. The maximum Gasteiger partial charge on any atom is 0.252 e. The zero-order chi connectivity index (χ0) is 18.5. The standard InChI is InChI=1S/C19H22FN5O/c1-10-8-12(24-17-11(2)16(21)22-9-23-17)15(20)14-13(10)18(26)25-19(14)6-4-3-5-7-19/h8-9H,3-7H2,1-2H3,(H,25,26)(H3,21,22,23,24). The monoisotopic (exact) mass is 355 g/mol. The van der Waals surface area contributed by atoms with Crippen molar-refractivity contribution in [3.05, 3.63) is 40.5 Å². The first-order valence-electron chi connectivity index (χ1n) is 8.93. The van der Waals surface area contributed by atoms with Gasteiger partial charge in [-0.25, -0.2) is 14.4 Å². The molecule has 0 atom stereocenters. The Bertz CT molecular complexity index is 905. The van der Waals surface area contributed by atoms with Crippen LogP contribution in [0.2, 0.25) is 0 Å². The Morgan fingerprint density at radius 2 is 1.96 bits per heavy atom. The molecule has 2 aromatic rings. The number of anilines is 3. The molecule has 1 spiro atoms. The van der Waals surface area contributed by atoms with Gasteiger partial charge in [0, 0.05) is 11.1 Å². The molecule has 1 saturated carbocycles. The molecular formula is C19H22FN5O. The minimum atomic E-state index is -0.586. The molecule has 1 aliphatic heterocycles. The van der Waals surface area contributed by atoms with Crippen molar-refractivity contribution in [1.82, 2.24) is 15.3 Å². The molecule has 4 rings (SSSR count). The number of hydrogen-bond donors (Lipinski definition) is 3. The molecule has 1 fully saturated rings. The van der Waals surface area contributed by atoms with Crippen LogP contribution in [-0.2, 0) is 5.54 Å². The van der Waals surface area contributed by atoms with Crippen LogP contribution in [-0.4, -0.2) is 15.9 Å². The largest absolute Gasteiger partial charge is 0.383 e. The van der Waals surface area contributed by atoms with Gasteiger partial charge in [0.25, 0.3) is 5.91 Å². The van der Waals surface area contributed by atoms with Crippen molar-refractivity contribution >= 4 is 23.2 Å². The molecule has 1 aliphatic carbocycles. The van der Waals surface area contributed by atoms with Crippen molar-refractivity contribution < 1.29 is 9.18 Å². The summed E-state index contributed by atoms with van der Waals surface area (Å²) in [4.78, 5) is 20.6. The van der Waals surface area contributed by atoms with Crippen molar-refractivity contribution in [2.75, 3.05) is 11.1 Å². The number of nitrogens with zero attached hydrogens (tertiary/aromatic N) is 2. The Hall–Kier alpha value is -2.70. The quantitative estimate of drug-likeness (QED) is 0.767. The first kappa shape index (κ1) is 16.8. The van der Waals surface area contributed by atoms with Crippen LogP contribution >= 0.6 is 0 Å². The minimum Gasteiger partial charge on any atom is -0.383 e. The Labute approximate surface area is 151 Å². The first-order valence-corrected chi connectivity index (χ1v) is 8.93. The number of aromatic nitrogens is 2. The van der Waals surface area contributed by atoms with Crippen molar-refractivity contribution in [2.24, 2.45) is 0 Å². The average molecular weight is 355 g/mol. The van der Waals surface area contributed by atoms with Crippen molar-refractivity contribution in [3.8, 4) is 0 Å². The number of benzene rings is 1. The Kier molecular flexibility index (Phi) is 3.82. The number of nitrogen functional groups attached to an aromatic ring is 1. The lowest BCUT2D eigenvalue weighted by atomic mass is 9.76. The number of nitrogens with one attached hydrogen (secondary N) is 2. The van der Waals surface area contributed by atoms with Crippen LogP contribution in [0.3, 0.4) is 0 Å². The Morgan fingerprint density at radius 3 is 2.69 bits per heavy atom. The summed E-state index contributed by atoms with van der Waals surface area (Å²) < 4.78 is 15.5. The van der Waals surface area contributed by atoms with Gasteiger partial charge in [-0.15, -0.1) is 0 Å². The predicted molar refractivity (Wildman–Crippen MR) is 97.8 cm³/mol. The van der Waals surface area contributed by atoms with Crippen LogP contribution in [0.15, 0.2) is 12.4 Å². The van der Waals surface area contributed by atoms with E-state index in [1.165, 1.54) is 6.33 Å². The maximum atomic E-state index is 15.5. The van der Waals surface area contributed by atoms with Crippen LogP contribution in [0.5, 0.6) is 0 Å². The van der Waals surface area contributed by atoms with Crippen molar-refractivity contribution in [3.63, 3.8) is 0 Å². The summed E-state index contributed by atoms with van der Waals surface area (Å²) in [5, 5.41) is 6.12. The van der Waals surface area contributed by atoms with Gasteiger partial charge in [-0.05, 0) is 38.3 Å². The van der Waals surface area contributed by atoms with Gasteiger partial charge < -0.3 is 16.4 Å². The van der Waals surface area contributed by atoms with E-state index < -0.39 is 5.54 Å². The zero-order valence-corrected chi connectivity index (χ0v) is 14.9. The summed E-state index contributed by atoms with van der Waals surface area (Å²) >= 11 is 0. The van der Waals surface area contributed by atoms with Crippen molar-refractivity contribution in [1.29, 1.82) is 0 Å². The van der Waals surface area contributed by atoms with E-state index >= 15 is 4.39 Å². The fourth-order valence-electron chi connectivity index (χ4n) is 4.22.